The molecule has 0 unspecified atom stereocenters. The molecule has 6 nitrogen and oxygen atoms in total. The fraction of sp³-hybridized carbons (Fsp3) is 0.389. The van der Waals surface area contributed by atoms with Crippen molar-refractivity contribution < 1.29 is 0 Å². The largest absolute Gasteiger partial charge is 0.365 e. The summed E-state index contributed by atoms with van der Waals surface area (Å²) < 4.78 is 0. The van der Waals surface area contributed by atoms with Gasteiger partial charge in [-0.2, -0.15) is 9.97 Å². The van der Waals surface area contributed by atoms with Crippen LogP contribution in [0.3, 0.4) is 0 Å². The lowest BCUT2D eigenvalue weighted by molar-refractivity contribution is 0.439. The molecule has 3 aromatic rings. The number of para-hydroxylation sites is 1. The first-order chi connectivity index (χ1) is 11.8. The molecule has 24 heavy (non-hydrogen) atoms. The highest BCUT2D eigenvalue weighted by atomic mass is 15.2. The molecule has 122 valence electrons. The Morgan fingerprint density at radius 1 is 1.04 bits per heavy atom. The number of hydrogen-bond donors (Lipinski definition) is 3. The number of aromatic nitrogens is 4. The molecule has 0 aliphatic heterocycles. The molecule has 2 aliphatic carbocycles. The summed E-state index contributed by atoms with van der Waals surface area (Å²) in [6.07, 6.45) is 7.04. The highest BCUT2D eigenvalue weighted by molar-refractivity contribution is 5.84. The molecule has 3 N–H and O–H groups in total. The predicted octanol–water partition coefficient (Wildman–Crippen LogP) is 3.70. The van der Waals surface area contributed by atoms with Gasteiger partial charge in [-0.3, -0.25) is 0 Å². The lowest BCUT2D eigenvalue weighted by atomic mass is 9.95. The molecule has 2 saturated carbocycles. The molecule has 2 heterocycles. The molecule has 6 heteroatoms. The van der Waals surface area contributed by atoms with E-state index in [1.807, 2.05) is 30.3 Å². The van der Waals surface area contributed by atoms with Crippen molar-refractivity contribution in [1.29, 1.82) is 0 Å². The number of benzene rings is 1. The number of rotatable bonds is 4. The second kappa shape index (κ2) is 5.47. The molecular weight excluding hydrogens is 300 g/mol. The van der Waals surface area contributed by atoms with Gasteiger partial charge in [0.25, 0.3) is 0 Å². The van der Waals surface area contributed by atoms with Crippen LogP contribution in [-0.2, 0) is 0 Å². The van der Waals surface area contributed by atoms with Gasteiger partial charge < -0.3 is 15.6 Å². The van der Waals surface area contributed by atoms with Crippen LogP contribution in [0.1, 0.15) is 25.7 Å². The molecule has 0 saturated heterocycles. The molecule has 0 spiro atoms. The third kappa shape index (κ3) is 2.38. The quantitative estimate of drug-likeness (QED) is 0.683. The van der Waals surface area contributed by atoms with E-state index in [0.717, 1.165) is 28.9 Å². The van der Waals surface area contributed by atoms with E-state index in [0.29, 0.717) is 17.6 Å². The van der Waals surface area contributed by atoms with Crippen LogP contribution in [-0.4, -0.2) is 26.0 Å². The van der Waals surface area contributed by atoms with Gasteiger partial charge in [-0.15, -0.1) is 0 Å². The van der Waals surface area contributed by atoms with Crippen LogP contribution in [0.2, 0.25) is 0 Å². The van der Waals surface area contributed by atoms with Crippen molar-refractivity contribution in [1.82, 2.24) is 19.9 Å². The molecule has 2 bridgehead atoms. The molecule has 1 aromatic carbocycles. The highest BCUT2D eigenvalue weighted by Gasteiger charge is 2.39. The number of nitrogens with one attached hydrogen (secondary N) is 3. The zero-order chi connectivity index (χ0) is 15.9. The lowest BCUT2D eigenvalue weighted by Gasteiger charge is -2.23. The minimum absolute atomic E-state index is 0.523. The van der Waals surface area contributed by atoms with Crippen LogP contribution in [0, 0.1) is 11.8 Å². The SMILES string of the molecule is c1ccc(Nc2nc(N[C@@H]3C[C@@H]4CC[C@@H]3C4)c3[nH]cnc3n2)cc1. The Labute approximate surface area is 140 Å². The van der Waals surface area contributed by atoms with Crippen molar-refractivity contribution in [2.75, 3.05) is 10.6 Å². The summed E-state index contributed by atoms with van der Waals surface area (Å²) >= 11 is 0. The van der Waals surface area contributed by atoms with Gasteiger partial charge in [0, 0.05) is 11.7 Å². The van der Waals surface area contributed by atoms with E-state index >= 15 is 0 Å². The van der Waals surface area contributed by atoms with Gasteiger partial charge in [-0.1, -0.05) is 24.6 Å². The normalized spacial score (nSPS) is 25.2. The van der Waals surface area contributed by atoms with Crippen LogP contribution in [0.5, 0.6) is 0 Å². The van der Waals surface area contributed by atoms with Gasteiger partial charge in [0.2, 0.25) is 5.95 Å². The maximum Gasteiger partial charge on any atom is 0.231 e. The number of aromatic amines is 1. The number of hydrogen-bond acceptors (Lipinski definition) is 5. The zero-order valence-corrected chi connectivity index (χ0v) is 13.4. The maximum atomic E-state index is 4.71. The fourth-order valence-corrected chi connectivity index (χ4v) is 4.24. The Morgan fingerprint density at radius 2 is 1.96 bits per heavy atom. The van der Waals surface area contributed by atoms with Gasteiger partial charge in [0.05, 0.1) is 6.33 Å². The van der Waals surface area contributed by atoms with E-state index in [4.69, 9.17) is 4.98 Å². The van der Waals surface area contributed by atoms with Gasteiger partial charge in [0.1, 0.15) is 5.52 Å². The van der Waals surface area contributed by atoms with E-state index < -0.39 is 0 Å². The predicted molar refractivity (Wildman–Crippen MR) is 94.3 cm³/mol. The summed E-state index contributed by atoms with van der Waals surface area (Å²) in [7, 11) is 0. The first kappa shape index (κ1) is 13.8. The first-order valence-electron chi connectivity index (χ1n) is 8.65. The average Bonchev–Trinajstić information content (AvgIpc) is 3.32. The van der Waals surface area contributed by atoms with Crippen LogP contribution in [0.4, 0.5) is 17.5 Å². The number of fused-ring (bicyclic) bond motifs is 3. The van der Waals surface area contributed by atoms with E-state index in [1.54, 1.807) is 6.33 Å². The zero-order valence-electron chi connectivity index (χ0n) is 13.4. The highest BCUT2D eigenvalue weighted by Crippen LogP contribution is 2.45. The molecule has 5 rings (SSSR count). The van der Waals surface area contributed by atoms with E-state index in [-0.39, 0.29) is 0 Å². The van der Waals surface area contributed by atoms with Crippen LogP contribution < -0.4 is 10.6 Å². The number of anilines is 3. The number of H-pyrrole nitrogens is 1. The third-order valence-electron chi connectivity index (χ3n) is 5.38. The van der Waals surface area contributed by atoms with E-state index in [2.05, 4.69) is 25.6 Å². The second-order valence-electron chi connectivity index (χ2n) is 6.91. The van der Waals surface area contributed by atoms with Gasteiger partial charge in [-0.05, 0) is 43.2 Å². The lowest BCUT2D eigenvalue weighted by Crippen LogP contribution is -2.26. The molecule has 0 radical (unpaired) electrons. The van der Waals surface area contributed by atoms with Gasteiger partial charge in [-0.25, -0.2) is 4.98 Å². The van der Waals surface area contributed by atoms with Crippen molar-refractivity contribution in [2.24, 2.45) is 11.8 Å². The summed E-state index contributed by atoms with van der Waals surface area (Å²) in [5, 5.41) is 6.93. The van der Waals surface area contributed by atoms with Gasteiger partial charge >= 0.3 is 0 Å². The average molecular weight is 320 g/mol. The third-order valence-corrected chi connectivity index (χ3v) is 5.38. The van der Waals surface area contributed by atoms with Crippen molar-refractivity contribution in [3.63, 3.8) is 0 Å². The monoisotopic (exact) mass is 320 g/mol. The summed E-state index contributed by atoms with van der Waals surface area (Å²) in [6.45, 7) is 0. The smallest absolute Gasteiger partial charge is 0.231 e. The topological polar surface area (TPSA) is 78.5 Å². The van der Waals surface area contributed by atoms with Crippen molar-refractivity contribution in [3.05, 3.63) is 36.7 Å². The van der Waals surface area contributed by atoms with Crippen LogP contribution in [0.15, 0.2) is 36.7 Å². The Morgan fingerprint density at radius 3 is 2.75 bits per heavy atom. The first-order valence-corrected chi connectivity index (χ1v) is 8.65. The summed E-state index contributed by atoms with van der Waals surface area (Å²) in [4.78, 5) is 16.7. The number of nitrogens with zero attached hydrogens (tertiary/aromatic N) is 3. The summed E-state index contributed by atoms with van der Waals surface area (Å²) in [5.41, 5.74) is 2.55. The molecular formula is C18H20N6. The number of imidazole rings is 1. The van der Waals surface area contributed by atoms with Crippen molar-refractivity contribution >= 4 is 28.6 Å². The summed E-state index contributed by atoms with van der Waals surface area (Å²) in [5.74, 6) is 3.11. The Hall–Kier alpha value is -2.63. The Balaban J connectivity index is 1.47. The maximum absolute atomic E-state index is 4.71. The fourth-order valence-electron chi connectivity index (χ4n) is 4.24. The van der Waals surface area contributed by atoms with Gasteiger partial charge in [0.15, 0.2) is 11.5 Å². The van der Waals surface area contributed by atoms with Crippen LogP contribution >= 0.6 is 0 Å². The molecule has 3 atom stereocenters. The van der Waals surface area contributed by atoms with Crippen molar-refractivity contribution in [2.45, 2.75) is 31.7 Å². The minimum Gasteiger partial charge on any atom is -0.365 e. The second-order valence-corrected chi connectivity index (χ2v) is 6.91. The Kier molecular flexibility index (Phi) is 3.14. The van der Waals surface area contributed by atoms with E-state index in [9.17, 15) is 0 Å². The minimum atomic E-state index is 0.523. The molecule has 2 aliphatic rings. The van der Waals surface area contributed by atoms with E-state index in [1.165, 1.54) is 25.7 Å². The Bertz CT molecular complexity index is 858. The van der Waals surface area contributed by atoms with Crippen LogP contribution in [0.25, 0.3) is 11.2 Å². The molecule has 2 aromatic heterocycles. The standard InChI is InChI=1S/C18H20N6/c1-2-4-13(5-3-1)21-18-23-16-15(19-10-20-16)17(24-18)22-14-9-11-6-7-12(14)8-11/h1-5,10-12,14H,6-9H2,(H3,19,20,21,22,23,24)/t11-,12-,14-/m1/s1. The molecule has 0 amide bonds. The molecule has 2 fully saturated rings. The van der Waals surface area contributed by atoms with Crippen molar-refractivity contribution in [3.8, 4) is 0 Å². The summed E-state index contributed by atoms with van der Waals surface area (Å²) in [6, 6.07) is 10.5.